The molecule has 0 heterocycles. The van der Waals surface area contributed by atoms with Gasteiger partial charge >= 0.3 is 5.97 Å². The van der Waals surface area contributed by atoms with E-state index in [9.17, 15) is 9.59 Å². The molecule has 1 aliphatic carbocycles. The lowest BCUT2D eigenvalue weighted by molar-refractivity contribution is -0.145. The number of amides is 1. The van der Waals surface area contributed by atoms with Crippen molar-refractivity contribution >= 4 is 11.9 Å². The number of ether oxygens (including phenoxy) is 1. The molecule has 0 radical (unpaired) electrons. The Bertz CT molecular complexity index is 309. The smallest absolute Gasteiger partial charge is 0.328 e. The molecule has 1 atom stereocenters. The number of carbonyl (C=O) groups excluding carboxylic acids is 2. The Morgan fingerprint density at radius 2 is 1.85 bits per heavy atom. The van der Waals surface area contributed by atoms with E-state index in [2.05, 4.69) is 12.2 Å². The maximum atomic E-state index is 12.2. The maximum absolute atomic E-state index is 12.2. The van der Waals surface area contributed by atoms with Gasteiger partial charge in [0.05, 0.1) is 7.11 Å². The van der Waals surface area contributed by atoms with Gasteiger partial charge < -0.3 is 10.1 Å². The number of carbonyl (C=O) groups is 2. The monoisotopic (exact) mass is 283 g/mol. The molecular formula is C16H29NO3. The van der Waals surface area contributed by atoms with E-state index in [1.165, 1.54) is 26.4 Å². The van der Waals surface area contributed by atoms with Crippen LogP contribution in [0.3, 0.4) is 0 Å². The molecule has 116 valence electrons. The van der Waals surface area contributed by atoms with Crippen molar-refractivity contribution in [3.05, 3.63) is 0 Å². The molecule has 1 aliphatic rings. The first kappa shape index (κ1) is 17.0. The molecule has 0 aromatic heterocycles. The summed E-state index contributed by atoms with van der Waals surface area (Å²) < 4.78 is 4.70. The van der Waals surface area contributed by atoms with Crippen LogP contribution in [0, 0.1) is 11.8 Å². The summed E-state index contributed by atoms with van der Waals surface area (Å²) in [5.41, 5.74) is 0. The second-order valence-electron chi connectivity index (χ2n) is 5.85. The highest BCUT2D eigenvalue weighted by atomic mass is 16.5. The number of unbranched alkanes of at least 4 members (excludes halogenated alkanes) is 1. The van der Waals surface area contributed by atoms with Crippen LogP contribution < -0.4 is 5.32 Å². The summed E-state index contributed by atoms with van der Waals surface area (Å²) in [4.78, 5) is 23.7. The van der Waals surface area contributed by atoms with Crippen LogP contribution in [-0.2, 0) is 14.3 Å². The minimum absolute atomic E-state index is 0.0243. The van der Waals surface area contributed by atoms with Crippen molar-refractivity contribution in [3.8, 4) is 0 Å². The van der Waals surface area contributed by atoms with E-state index in [-0.39, 0.29) is 17.8 Å². The zero-order valence-corrected chi connectivity index (χ0v) is 13.1. The van der Waals surface area contributed by atoms with Crippen molar-refractivity contribution in [1.29, 1.82) is 0 Å². The highest BCUT2D eigenvalue weighted by Gasteiger charge is 2.28. The number of methoxy groups -OCH3 is 1. The summed E-state index contributed by atoms with van der Waals surface area (Å²) in [5.74, 6) is 0.543. The third-order valence-electron chi connectivity index (χ3n) is 4.39. The number of nitrogens with one attached hydrogen (secondary N) is 1. The van der Waals surface area contributed by atoms with E-state index in [0.717, 1.165) is 31.6 Å². The van der Waals surface area contributed by atoms with E-state index in [1.54, 1.807) is 0 Å². The summed E-state index contributed by atoms with van der Waals surface area (Å²) >= 11 is 0. The summed E-state index contributed by atoms with van der Waals surface area (Å²) in [6, 6.07) is -0.495. The first-order valence-electron chi connectivity index (χ1n) is 8.00. The summed E-state index contributed by atoms with van der Waals surface area (Å²) in [7, 11) is 1.36. The average molecular weight is 283 g/mol. The molecule has 4 nitrogen and oxygen atoms in total. The molecule has 4 heteroatoms. The molecule has 1 rings (SSSR count). The quantitative estimate of drug-likeness (QED) is 0.731. The van der Waals surface area contributed by atoms with E-state index in [4.69, 9.17) is 4.74 Å². The number of hydrogen-bond donors (Lipinski definition) is 1. The fourth-order valence-corrected chi connectivity index (χ4v) is 2.97. The second-order valence-corrected chi connectivity index (χ2v) is 5.85. The first-order chi connectivity index (χ1) is 9.62. The van der Waals surface area contributed by atoms with Gasteiger partial charge in [0.1, 0.15) is 6.04 Å². The Hall–Kier alpha value is -1.06. The normalized spacial score (nSPS) is 23.9. The van der Waals surface area contributed by atoms with Gasteiger partial charge in [-0.3, -0.25) is 4.79 Å². The van der Waals surface area contributed by atoms with Crippen LogP contribution in [0.1, 0.15) is 65.2 Å². The topological polar surface area (TPSA) is 55.4 Å². The van der Waals surface area contributed by atoms with Crippen LogP contribution in [-0.4, -0.2) is 25.0 Å². The van der Waals surface area contributed by atoms with Crippen LogP contribution in [0.2, 0.25) is 0 Å². The molecule has 1 saturated carbocycles. The third kappa shape index (κ3) is 5.14. The maximum Gasteiger partial charge on any atom is 0.328 e. The van der Waals surface area contributed by atoms with E-state index in [1.807, 2.05) is 6.92 Å². The zero-order valence-electron chi connectivity index (χ0n) is 13.1. The van der Waals surface area contributed by atoms with E-state index < -0.39 is 6.04 Å². The van der Waals surface area contributed by atoms with Crippen LogP contribution in [0.15, 0.2) is 0 Å². The molecule has 1 fully saturated rings. The van der Waals surface area contributed by atoms with Crippen molar-refractivity contribution in [1.82, 2.24) is 5.32 Å². The minimum Gasteiger partial charge on any atom is -0.467 e. The molecule has 1 amide bonds. The Labute approximate surface area is 122 Å². The molecule has 0 aromatic carbocycles. The lowest BCUT2D eigenvalue weighted by atomic mass is 9.79. The fraction of sp³-hybridized carbons (Fsp3) is 0.875. The Morgan fingerprint density at radius 1 is 1.20 bits per heavy atom. The van der Waals surface area contributed by atoms with Gasteiger partial charge in [-0.25, -0.2) is 4.79 Å². The second kappa shape index (κ2) is 8.98. The standard InChI is InChI=1S/C16H29NO3/c1-4-6-7-12-8-10-13(11-9-12)15(18)17-14(5-2)16(19)20-3/h12-14H,4-11H2,1-3H3,(H,17,18). The zero-order chi connectivity index (χ0) is 15.0. The van der Waals surface area contributed by atoms with Gasteiger partial charge in [0.2, 0.25) is 5.91 Å². The van der Waals surface area contributed by atoms with Crippen molar-refractivity contribution in [3.63, 3.8) is 0 Å². The predicted octanol–water partition coefficient (Wildman–Crippen LogP) is 3.05. The molecule has 0 bridgehead atoms. The van der Waals surface area contributed by atoms with Gasteiger partial charge in [0, 0.05) is 5.92 Å². The molecule has 0 aliphatic heterocycles. The Morgan fingerprint density at radius 3 is 2.35 bits per heavy atom. The van der Waals surface area contributed by atoms with Gasteiger partial charge in [0.15, 0.2) is 0 Å². The van der Waals surface area contributed by atoms with Crippen molar-refractivity contribution in [2.45, 2.75) is 71.3 Å². The van der Waals surface area contributed by atoms with Crippen LogP contribution in [0.4, 0.5) is 0 Å². The molecule has 0 aromatic rings. The van der Waals surface area contributed by atoms with Gasteiger partial charge in [-0.15, -0.1) is 0 Å². The molecule has 20 heavy (non-hydrogen) atoms. The van der Waals surface area contributed by atoms with Gasteiger partial charge in [-0.2, -0.15) is 0 Å². The van der Waals surface area contributed by atoms with Gasteiger partial charge in [-0.1, -0.05) is 33.1 Å². The van der Waals surface area contributed by atoms with Crippen molar-refractivity contribution in [2.24, 2.45) is 11.8 Å². The van der Waals surface area contributed by atoms with Crippen molar-refractivity contribution < 1.29 is 14.3 Å². The number of hydrogen-bond acceptors (Lipinski definition) is 3. The summed E-state index contributed by atoms with van der Waals surface area (Å²) in [6.07, 6.45) is 8.62. The fourth-order valence-electron chi connectivity index (χ4n) is 2.97. The van der Waals surface area contributed by atoms with Crippen LogP contribution >= 0.6 is 0 Å². The van der Waals surface area contributed by atoms with Crippen LogP contribution in [0.25, 0.3) is 0 Å². The predicted molar refractivity (Wildman–Crippen MR) is 79.2 cm³/mol. The number of esters is 1. The molecule has 1 N–H and O–H groups in total. The SMILES string of the molecule is CCCCC1CCC(C(=O)NC(CC)C(=O)OC)CC1. The van der Waals surface area contributed by atoms with Crippen molar-refractivity contribution in [2.75, 3.05) is 7.11 Å². The Balaban J connectivity index is 2.36. The Kier molecular flexibility index (Phi) is 7.63. The third-order valence-corrected chi connectivity index (χ3v) is 4.39. The molecule has 1 unspecified atom stereocenters. The van der Waals surface area contributed by atoms with Gasteiger partial charge in [-0.05, 0) is 38.0 Å². The lowest BCUT2D eigenvalue weighted by Crippen LogP contribution is -2.44. The summed E-state index contributed by atoms with van der Waals surface area (Å²) in [6.45, 7) is 4.10. The first-order valence-corrected chi connectivity index (χ1v) is 8.00. The summed E-state index contributed by atoms with van der Waals surface area (Å²) in [5, 5.41) is 2.83. The molecular weight excluding hydrogens is 254 g/mol. The average Bonchev–Trinajstić information content (AvgIpc) is 2.50. The minimum atomic E-state index is -0.495. The lowest BCUT2D eigenvalue weighted by Gasteiger charge is -2.28. The molecule has 0 spiro atoms. The number of rotatable bonds is 7. The van der Waals surface area contributed by atoms with E-state index in [0.29, 0.717) is 6.42 Å². The highest BCUT2D eigenvalue weighted by molar-refractivity contribution is 5.85. The van der Waals surface area contributed by atoms with Gasteiger partial charge in [0.25, 0.3) is 0 Å². The largest absolute Gasteiger partial charge is 0.467 e. The van der Waals surface area contributed by atoms with E-state index >= 15 is 0 Å². The highest BCUT2D eigenvalue weighted by Crippen LogP contribution is 2.32. The molecule has 0 saturated heterocycles. The van der Waals surface area contributed by atoms with Crippen LogP contribution in [0.5, 0.6) is 0 Å².